The number of hydrogen-bond acceptors (Lipinski definition) is 4. The number of nitrogens with zero attached hydrogens (tertiary/aromatic N) is 2. The van der Waals surface area contributed by atoms with Crippen LogP contribution in [0.4, 0.5) is 0 Å². The Labute approximate surface area is 176 Å². The van der Waals surface area contributed by atoms with E-state index in [0.29, 0.717) is 24.7 Å². The van der Waals surface area contributed by atoms with E-state index in [9.17, 15) is 4.79 Å². The van der Waals surface area contributed by atoms with Gasteiger partial charge in [0.15, 0.2) is 11.5 Å². The fourth-order valence-corrected chi connectivity index (χ4v) is 3.37. The lowest BCUT2D eigenvalue weighted by Gasteiger charge is -2.17. The van der Waals surface area contributed by atoms with Crippen molar-refractivity contribution in [2.75, 3.05) is 13.7 Å². The van der Waals surface area contributed by atoms with Gasteiger partial charge in [0.25, 0.3) is 0 Å². The van der Waals surface area contributed by atoms with Gasteiger partial charge in [-0.1, -0.05) is 30.9 Å². The summed E-state index contributed by atoms with van der Waals surface area (Å²) >= 11 is 0. The first kappa shape index (κ1) is 21.2. The molecule has 1 N–H and O–H groups in total. The number of benzene rings is 2. The monoisotopic (exact) mass is 405 g/mol. The SMILES string of the molecule is C=CCc1ccc(OCCn2c(C(C)NC(=O)C=C)nc3ccccc32)c(OC)c1. The van der Waals surface area contributed by atoms with Gasteiger partial charge in [-0.25, -0.2) is 4.98 Å². The van der Waals surface area contributed by atoms with E-state index in [4.69, 9.17) is 14.5 Å². The number of hydrogen-bond donors (Lipinski definition) is 1. The Balaban J connectivity index is 1.80. The number of para-hydroxylation sites is 2. The molecule has 6 heteroatoms. The highest BCUT2D eigenvalue weighted by Gasteiger charge is 2.18. The predicted molar refractivity (Wildman–Crippen MR) is 119 cm³/mol. The maximum absolute atomic E-state index is 11.8. The van der Waals surface area contributed by atoms with Gasteiger partial charge in [-0.15, -0.1) is 6.58 Å². The largest absolute Gasteiger partial charge is 0.493 e. The van der Waals surface area contributed by atoms with Gasteiger partial charge in [-0.2, -0.15) is 0 Å². The highest BCUT2D eigenvalue weighted by Crippen LogP contribution is 2.29. The molecule has 0 saturated heterocycles. The molecule has 2 aromatic carbocycles. The van der Waals surface area contributed by atoms with Crippen LogP contribution in [0.15, 0.2) is 67.8 Å². The summed E-state index contributed by atoms with van der Waals surface area (Å²) < 4.78 is 13.6. The summed E-state index contributed by atoms with van der Waals surface area (Å²) in [5.74, 6) is 1.91. The molecule has 0 aliphatic heterocycles. The molecule has 0 saturated carbocycles. The first-order chi connectivity index (χ1) is 14.6. The lowest BCUT2D eigenvalue weighted by atomic mass is 10.1. The summed E-state index contributed by atoms with van der Waals surface area (Å²) in [7, 11) is 1.63. The molecule has 1 unspecified atom stereocenters. The van der Waals surface area contributed by atoms with Gasteiger partial charge in [-0.05, 0) is 49.2 Å². The first-order valence-corrected chi connectivity index (χ1v) is 9.86. The topological polar surface area (TPSA) is 65.4 Å². The van der Waals surface area contributed by atoms with Crippen LogP contribution in [0.3, 0.4) is 0 Å². The van der Waals surface area contributed by atoms with E-state index in [1.54, 1.807) is 7.11 Å². The number of allylic oxidation sites excluding steroid dienone is 1. The van der Waals surface area contributed by atoms with E-state index in [-0.39, 0.29) is 11.9 Å². The van der Waals surface area contributed by atoms with Gasteiger partial charge < -0.3 is 19.4 Å². The summed E-state index contributed by atoms with van der Waals surface area (Å²) in [6, 6.07) is 13.5. The Morgan fingerprint density at radius 2 is 2.03 bits per heavy atom. The van der Waals surface area contributed by atoms with Gasteiger partial charge in [-0.3, -0.25) is 4.79 Å². The van der Waals surface area contributed by atoms with E-state index in [1.165, 1.54) is 6.08 Å². The van der Waals surface area contributed by atoms with Gasteiger partial charge >= 0.3 is 0 Å². The minimum absolute atomic E-state index is 0.235. The Kier molecular flexibility index (Phi) is 6.91. The zero-order chi connectivity index (χ0) is 21.5. The minimum Gasteiger partial charge on any atom is -0.493 e. The molecule has 0 aliphatic rings. The van der Waals surface area contributed by atoms with Crippen molar-refractivity contribution < 1.29 is 14.3 Å². The lowest BCUT2D eigenvalue weighted by molar-refractivity contribution is -0.117. The Hall–Kier alpha value is -3.54. The van der Waals surface area contributed by atoms with Crippen LogP contribution in [-0.4, -0.2) is 29.2 Å². The highest BCUT2D eigenvalue weighted by atomic mass is 16.5. The van der Waals surface area contributed by atoms with E-state index in [1.807, 2.05) is 55.5 Å². The van der Waals surface area contributed by atoms with Crippen molar-refractivity contribution in [2.24, 2.45) is 0 Å². The molecular weight excluding hydrogens is 378 g/mol. The number of nitrogens with one attached hydrogen (secondary N) is 1. The number of rotatable bonds is 10. The Morgan fingerprint density at radius 1 is 1.23 bits per heavy atom. The molecule has 0 aliphatic carbocycles. The van der Waals surface area contributed by atoms with Crippen molar-refractivity contribution in [1.29, 1.82) is 0 Å². The van der Waals surface area contributed by atoms with Crippen LogP contribution >= 0.6 is 0 Å². The van der Waals surface area contributed by atoms with Crippen molar-refractivity contribution in [3.8, 4) is 11.5 Å². The standard InChI is InChI=1S/C24H27N3O3/c1-5-9-18-12-13-21(22(16-18)29-4)30-15-14-27-20-11-8-7-10-19(20)26-24(27)17(3)25-23(28)6-2/h5-8,10-13,16-17H,1-2,9,14-15H2,3-4H3,(H,25,28). The molecule has 30 heavy (non-hydrogen) atoms. The highest BCUT2D eigenvalue weighted by molar-refractivity contribution is 5.87. The maximum Gasteiger partial charge on any atom is 0.243 e. The fourth-order valence-electron chi connectivity index (χ4n) is 3.37. The second-order valence-corrected chi connectivity index (χ2v) is 6.87. The van der Waals surface area contributed by atoms with Gasteiger partial charge in [0.1, 0.15) is 12.4 Å². The van der Waals surface area contributed by atoms with Crippen molar-refractivity contribution >= 4 is 16.9 Å². The lowest BCUT2D eigenvalue weighted by Crippen LogP contribution is -2.27. The molecule has 156 valence electrons. The molecule has 1 heterocycles. The Morgan fingerprint density at radius 3 is 2.77 bits per heavy atom. The molecule has 1 amide bonds. The molecule has 0 bridgehead atoms. The molecule has 0 spiro atoms. The zero-order valence-electron chi connectivity index (χ0n) is 17.4. The van der Waals surface area contributed by atoms with Gasteiger partial charge in [0.2, 0.25) is 5.91 Å². The van der Waals surface area contributed by atoms with E-state index in [2.05, 4.69) is 23.0 Å². The number of imidazole rings is 1. The number of ether oxygens (including phenoxy) is 2. The van der Waals surface area contributed by atoms with Crippen LogP contribution in [0.25, 0.3) is 11.0 Å². The fraction of sp³-hybridized carbons (Fsp3) is 0.250. The van der Waals surface area contributed by atoms with Gasteiger partial charge in [0, 0.05) is 0 Å². The van der Waals surface area contributed by atoms with E-state index >= 15 is 0 Å². The number of carbonyl (C=O) groups excluding carboxylic acids is 1. The summed E-state index contributed by atoms with van der Waals surface area (Å²) in [6.45, 7) is 10.2. The zero-order valence-corrected chi connectivity index (χ0v) is 17.4. The van der Waals surface area contributed by atoms with Crippen molar-refractivity contribution in [2.45, 2.75) is 25.9 Å². The van der Waals surface area contributed by atoms with Crippen LogP contribution < -0.4 is 14.8 Å². The van der Waals surface area contributed by atoms with Crippen molar-refractivity contribution in [3.63, 3.8) is 0 Å². The van der Waals surface area contributed by atoms with Crippen LogP contribution in [-0.2, 0) is 17.8 Å². The first-order valence-electron chi connectivity index (χ1n) is 9.86. The molecular formula is C24H27N3O3. The van der Waals surface area contributed by atoms with E-state index < -0.39 is 0 Å². The molecule has 1 atom stereocenters. The molecule has 0 fully saturated rings. The number of carbonyl (C=O) groups is 1. The average Bonchev–Trinajstić information content (AvgIpc) is 3.13. The van der Waals surface area contributed by atoms with Crippen LogP contribution in [0.1, 0.15) is 24.4 Å². The van der Waals surface area contributed by atoms with Crippen molar-refractivity contribution in [3.05, 3.63) is 79.2 Å². The van der Waals surface area contributed by atoms with Crippen LogP contribution in [0, 0.1) is 0 Å². The van der Waals surface area contributed by atoms with Crippen LogP contribution in [0.2, 0.25) is 0 Å². The maximum atomic E-state index is 11.8. The van der Waals surface area contributed by atoms with Gasteiger partial charge in [0.05, 0.1) is 30.7 Å². The summed E-state index contributed by atoms with van der Waals surface area (Å²) in [4.78, 5) is 16.5. The number of amides is 1. The van der Waals surface area contributed by atoms with E-state index in [0.717, 1.165) is 28.8 Å². The summed E-state index contributed by atoms with van der Waals surface area (Å²) in [5, 5.41) is 2.88. The summed E-state index contributed by atoms with van der Waals surface area (Å²) in [5.41, 5.74) is 2.98. The third-order valence-corrected chi connectivity index (χ3v) is 4.80. The van der Waals surface area contributed by atoms with Crippen LogP contribution in [0.5, 0.6) is 11.5 Å². The number of fused-ring (bicyclic) bond motifs is 1. The Bertz CT molecular complexity index is 1060. The second kappa shape index (κ2) is 9.78. The average molecular weight is 405 g/mol. The predicted octanol–water partition coefficient (Wildman–Crippen LogP) is 4.22. The normalized spacial score (nSPS) is 11.7. The molecule has 0 radical (unpaired) electrons. The molecule has 3 rings (SSSR count). The molecule has 6 nitrogen and oxygen atoms in total. The molecule has 1 aromatic heterocycles. The van der Waals surface area contributed by atoms with Crippen molar-refractivity contribution in [1.82, 2.24) is 14.9 Å². The second-order valence-electron chi connectivity index (χ2n) is 6.87. The third kappa shape index (κ3) is 4.71. The smallest absolute Gasteiger partial charge is 0.243 e. The minimum atomic E-state index is -0.268. The third-order valence-electron chi connectivity index (χ3n) is 4.80. The summed E-state index contributed by atoms with van der Waals surface area (Å²) in [6.07, 6.45) is 3.89. The molecule has 3 aromatic rings. The number of aromatic nitrogens is 2. The quantitative estimate of drug-likeness (QED) is 0.405. The number of methoxy groups -OCH3 is 1.